The molecule has 2 fully saturated rings. The van der Waals surface area contributed by atoms with Gasteiger partial charge in [0.1, 0.15) is 11.5 Å². The van der Waals surface area contributed by atoms with Crippen LogP contribution >= 0.6 is 0 Å². The summed E-state index contributed by atoms with van der Waals surface area (Å²) in [6.07, 6.45) is 21.4. The second-order valence-electron chi connectivity index (χ2n) is 17.2. The summed E-state index contributed by atoms with van der Waals surface area (Å²) in [7, 11) is 0. The van der Waals surface area contributed by atoms with E-state index in [0.717, 1.165) is 44.1 Å². The number of carbonyl (C=O) groups excluding carboxylic acids is 2. The van der Waals surface area contributed by atoms with Crippen molar-refractivity contribution in [1.82, 2.24) is 0 Å². The molecule has 0 aromatic heterocycles. The molecule has 2 aliphatic carbocycles. The maximum absolute atomic E-state index is 14.3. The smallest absolute Gasteiger partial charge is 0.318 e. The second kappa shape index (κ2) is 23.4. The zero-order valence-electron chi connectivity index (χ0n) is 36.2. The van der Waals surface area contributed by atoms with E-state index < -0.39 is 5.79 Å². The summed E-state index contributed by atoms with van der Waals surface area (Å²) in [6.45, 7) is 9.29. The SMILES string of the molecule is CCCCC(CC)CC(CC(CC)CCCC)(C(=O)c1ccccc1)C1CCCC1.O=C(c1ccccc1)C(Oc1ccccc1)(Oc1ccccc1)C1CCCC1. The number of ketones is 2. The molecule has 4 aromatic rings. The van der Waals surface area contributed by atoms with Gasteiger partial charge in [-0.3, -0.25) is 9.59 Å². The summed E-state index contributed by atoms with van der Waals surface area (Å²) in [6, 6.07) is 38.6. The molecule has 4 aromatic carbocycles. The zero-order chi connectivity index (χ0) is 41.1. The number of benzene rings is 4. The lowest BCUT2D eigenvalue weighted by Gasteiger charge is -2.43. The quantitative estimate of drug-likeness (QED) is 0.0588. The summed E-state index contributed by atoms with van der Waals surface area (Å²) in [4.78, 5) is 28.1. The van der Waals surface area contributed by atoms with E-state index in [9.17, 15) is 9.59 Å². The summed E-state index contributed by atoms with van der Waals surface area (Å²) in [5.74, 6) is 2.15. The topological polar surface area (TPSA) is 52.6 Å². The normalized spacial score (nSPS) is 16.8. The van der Waals surface area contributed by atoms with Gasteiger partial charge in [0.05, 0.1) is 0 Å². The molecule has 2 saturated carbocycles. The number of hydrogen-bond donors (Lipinski definition) is 0. The molecule has 0 aliphatic heterocycles. The van der Waals surface area contributed by atoms with Crippen molar-refractivity contribution in [1.29, 1.82) is 0 Å². The van der Waals surface area contributed by atoms with E-state index in [1.165, 1.54) is 77.0 Å². The van der Waals surface area contributed by atoms with Crippen LogP contribution in [0, 0.1) is 29.1 Å². The summed E-state index contributed by atoms with van der Waals surface area (Å²) in [5.41, 5.74) is 1.40. The van der Waals surface area contributed by atoms with Crippen molar-refractivity contribution in [3.8, 4) is 11.5 Å². The predicted octanol–water partition coefficient (Wildman–Crippen LogP) is 15.2. The van der Waals surface area contributed by atoms with Crippen molar-refractivity contribution in [2.24, 2.45) is 29.1 Å². The van der Waals surface area contributed by atoms with Crippen LogP contribution in [-0.4, -0.2) is 17.4 Å². The fourth-order valence-corrected chi connectivity index (χ4v) is 9.95. The minimum Gasteiger partial charge on any atom is -0.445 e. The summed E-state index contributed by atoms with van der Waals surface area (Å²) in [5, 5.41) is 0. The fraction of sp³-hybridized carbons (Fsp3) is 0.519. The lowest BCUT2D eigenvalue weighted by molar-refractivity contribution is -0.117. The first-order valence-corrected chi connectivity index (χ1v) is 23.1. The van der Waals surface area contributed by atoms with E-state index in [1.54, 1.807) is 0 Å². The number of hydrogen-bond acceptors (Lipinski definition) is 4. The van der Waals surface area contributed by atoms with Gasteiger partial charge in [-0.05, 0) is 80.5 Å². The van der Waals surface area contributed by atoms with Crippen LogP contribution < -0.4 is 9.47 Å². The Balaban J connectivity index is 0.000000221. The predicted molar refractivity (Wildman–Crippen MR) is 241 cm³/mol. The first kappa shape index (κ1) is 44.9. The van der Waals surface area contributed by atoms with E-state index >= 15 is 0 Å². The van der Waals surface area contributed by atoms with Gasteiger partial charge in [0.15, 0.2) is 5.78 Å². The highest BCUT2D eigenvalue weighted by atomic mass is 16.7. The monoisotopic (exact) mass is 785 g/mol. The lowest BCUT2D eigenvalue weighted by atomic mass is 9.59. The van der Waals surface area contributed by atoms with Gasteiger partial charge < -0.3 is 9.47 Å². The van der Waals surface area contributed by atoms with Gasteiger partial charge in [-0.25, -0.2) is 0 Å². The Bertz CT molecular complexity index is 1670. The van der Waals surface area contributed by atoms with Gasteiger partial charge in [0.25, 0.3) is 0 Å². The third-order valence-corrected chi connectivity index (χ3v) is 13.3. The third-order valence-electron chi connectivity index (χ3n) is 13.3. The molecule has 6 rings (SSSR count). The number of unbranched alkanes of at least 4 members (excludes halogenated alkanes) is 2. The number of ether oxygens (including phenoxy) is 2. The molecule has 4 nitrogen and oxygen atoms in total. The summed E-state index contributed by atoms with van der Waals surface area (Å²) >= 11 is 0. The zero-order valence-corrected chi connectivity index (χ0v) is 36.2. The third kappa shape index (κ3) is 12.0. The molecule has 2 unspecified atom stereocenters. The molecule has 4 heteroatoms. The Morgan fingerprint density at radius 2 is 0.879 bits per heavy atom. The van der Waals surface area contributed by atoms with Crippen LogP contribution in [0.3, 0.4) is 0 Å². The minimum absolute atomic E-state index is 0.0133. The molecular formula is C54H72O4. The van der Waals surface area contributed by atoms with Crippen LogP contribution in [0.4, 0.5) is 0 Å². The Labute approximate surface area is 351 Å². The van der Waals surface area contributed by atoms with E-state index in [2.05, 4.69) is 52.0 Å². The van der Waals surface area contributed by atoms with Gasteiger partial charge in [0.2, 0.25) is 5.78 Å². The van der Waals surface area contributed by atoms with Crippen molar-refractivity contribution in [3.05, 3.63) is 132 Å². The highest BCUT2D eigenvalue weighted by molar-refractivity contribution is 6.02. The molecule has 0 N–H and O–H groups in total. The Kier molecular flexibility index (Phi) is 18.1. The van der Waals surface area contributed by atoms with Crippen molar-refractivity contribution in [2.45, 2.75) is 149 Å². The van der Waals surface area contributed by atoms with Crippen LogP contribution in [0.5, 0.6) is 11.5 Å². The lowest BCUT2D eigenvalue weighted by Crippen LogP contribution is -2.55. The van der Waals surface area contributed by atoms with E-state index in [-0.39, 0.29) is 17.1 Å². The van der Waals surface area contributed by atoms with E-state index in [4.69, 9.17) is 9.47 Å². The fourth-order valence-electron chi connectivity index (χ4n) is 9.95. The molecule has 0 heterocycles. The van der Waals surface area contributed by atoms with Crippen molar-refractivity contribution >= 4 is 11.6 Å². The number of para-hydroxylation sites is 2. The van der Waals surface area contributed by atoms with Crippen molar-refractivity contribution in [3.63, 3.8) is 0 Å². The number of Topliss-reactive ketones (excluding diaryl/α,β-unsaturated/α-hetero) is 2. The molecular weight excluding hydrogens is 713 g/mol. The molecule has 312 valence electrons. The van der Waals surface area contributed by atoms with Crippen LogP contribution in [0.25, 0.3) is 0 Å². The molecule has 0 saturated heterocycles. The van der Waals surface area contributed by atoms with Crippen molar-refractivity contribution in [2.75, 3.05) is 0 Å². The van der Waals surface area contributed by atoms with Gasteiger partial charge in [-0.15, -0.1) is 0 Å². The van der Waals surface area contributed by atoms with Gasteiger partial charge >= 0.3 is 5.79 Å². The number of carbonyl (C=O) groups is 2. The molecule has 2 atom stereocenters. The first-order valence-electron chi connectivity index (χ1n) is 23.1. The maximum Gasteiger partial charge on any atom is 0.318 e. The van der Waals surface area contributed by atoms with Gasteiger partial charge in [0, 0.05) is 22.5 Å². The minimum atomic E-state index is -1.39. The van der Waals surface area contributed by atoms with Crippen LogP contribution in [-0.2, 0) is 0 Å². The first-order chi connectivity index (χ1) is 28.4. The van der Waals surface area contributed by atoms with Crippen LogP contribution in [0.2, 0.25) is 0 Å². The largest absolute Gasteiger partial charge is 0.445 e. The molecule has 0 radical (unpaired) electrons. The second-order valence-corrected chi connectivity index (χ2v) is 17.2. The number of rotatable bonds is 22. The average molecular weight is 785 g/mol. The van der Waals surface area contributed by atoms with Gasteiger partial charge in [-0.1, -0.05) is 202 Å². The average Bonchev–Trinajstić information content (AvgIpc) is 4.04. The van der Waals surface area contributed by atoms with Crippen LogP contribution in [0.15, 0.2) is 121 Å². The van der Waals surface area contributed by atoms with E-state index in [1.807, 2.05) is 97.1 Å². The summed E-state index contributed by atoms with van der Waals surface area (Å²) < 4.78 is 12.9. The van der Waals surface area contributed by atoms with E-state index in [0.29, 0.717) is 40.6 Å². The molecule has 58 heavy (non-hydrogen) atoms. The highest BCUT2D eigenvalue weighted by Gasteiger charge is 2.52. The Morgan fingerprint density at radius 3 is 1.26 bits per heavy atom. The van der Waals surface area contributed by atoms with Gasteiger partial charge in [-0.2, -0.15) is 0 Å². The van der Waals surface area contributed by atoms with Crippen molar-refractivity contribution < 1.29 is 19.1 Å². The highest BCUT2D eigenvalue weighted by Crippen LogP contribution is 2.52. The standard InChI is InChI=1S/C29H48O.C25H24O3/c1-5-9-16-24(7-3)22-29(27-20-14-15-21-27,23-25(8-4)17-10-6-2)28(30)26-18-12-11-13-19-26;26-24(20-12-4-1-5-13-20)25(21-14-10-11-15-21,27-22-16-6-2-7-17-22)28-23-18-8-3-9-19-23/h11-13,18-19,24-25,27H,5-10,14-17,20-23H2,1-4H3;1-9,12-13,16-19,21H,10-11,14-15H2. The molecule has 0 spiro atoms. The van der Waals surface area contributed by atoms with Crippen LogP contribution in [0.1, 0.15) is 164 Å². The Morgan fingerprint density at radius 1 is 0.517 bits per heavy atom. The maximum atomic E-state index is 14.3. The molecule has 0 amide bonds. The molecule has 2 aliphatic rings. The molecule has 0 bridgehead atoms. The Hall–Kier alpha value is -4.18.